The van der Waals surface area contributed by atoms with Gasteiger partial charge >= 0.3 is 0 Å². The molecule has 5 heteroatoms. The van der Waals surface area contributed by atoms with Crippen molar-refractivity contribution in [2.75, 3.05) is 11.5 Å². The van der Waals surface area contributed by atoms with Gasteiger partial charge in [0.15, 0.2) is 0 Å². The van der Waals surface area contributed by atoms with E-state index in [4.69, 9.17) is 4.18 Å². The van der Waals surface area contributed by atoms with Gasteiger partial charge < -0.3 is 0 Å². The van der Waals surface area contributed by atoms with Gasteiger partial charge in [-0.2, -0.15) is 20.2 Å². The molecule has 2 rings (SSSR count). The fourth-order valence-corrected chi connectivity index (χ4v) is 5.08. The molecule has 1 aromatic carbocycles. The van der Waals surface area contributed by atoms with E-state index >= 15 is 0 Å². The molecule has 0 unspecified atom stereocenters. The van der Waals surface area contributed by atoms with Crippen LogP contribution in [0, 0.1) is 20.8 Å². The largest absolute Gasteiger partial charge is 0.297 e. The standard InChI is InChI=1S/C13H18O3S2/c1-9-6-10(2)13(11(3)7-9)18(14,15)16-12-4-5-17-8-12/h6-7,12H,4-5,8H2,1-3H3/t12-/m1/s1. The second-order valence-corrected chi connectivity index (χ2v) is 7.42. The summed E-state index contributed by atoms with van der Waals surface area (Å²) in [6, 6.07) is 3.76. The molecule has 0 N–H and O–H groups in total. The van der Waals surface area contributed by atoms with E-state index in [1.807, 2.05) is 32.9 Å². The van der Waals surface area contributed by atoms with Gasteiger partial charge in [0.1, 0.15) is 0 Å². The van der Waals surface area contributed by atoms with E-state index in [2.05, 4.69) is 0 Å². The summed E-state index contributed by atoms with van der Waals surface area (Å²) in [5.74, 6) is 1.75. The maximum absolute atomic E-state index is 12.3. The molecule has 0 aromatic heterocycles. The Kier molecular flexibility index (Phi) is 4.04. The number of hydrogen-bond donors (Lipinski definition) is 0. The Morgan fingerprint density at radius 3 is 2.33 bits per heavy atom. The fraction of sp³-hybridized carbons (Fsp3) is 0.538. The first kappa shape index (κ1) is 13.9. The van der Waals surface area contributed by atoms with Crippen LogP contribution in [0.4, 0.5) is 0 Å². The van der Waals surface area contributed by atoms with Crippen LogP contribution in [0.5, 0.6) is 0 Å². The van der Waals surface area contributed by atoms with E-state index in [0.29, 0.717) is 4.90 Å². The van der Waals surface area contributed by atoms with Gasteiger partial charge in [-0.25, -0.2) is 0 Å². The minimum absolute atomic E-state index is 0.167. The van der Waals surface area contributed by atoms with Crippen molar-refractivity contribution in [3.05, 3.63) is 28.8 Å². The van der Waals surface area contributed by atoms with Crippen molar-refractivity contribution >= 4 is 21.9 Å². The van der Waals surface area contributed by atoms with Crippen LogP contribution in [-0.4, -0.2) is 26.0 Å². The van der Waals surface area contributed by atoms with Crippen molar-refractivity contribution < 1.29 is 12.6 Å². The lowest BCUT2D eigenvalue weighted by molar-refractivity contribution is 0.236. The lowest BCUT2D eigenvalue weighted by atomic mass is 10.1. The van der Waals surface area contributed by atoms with Crippen molar-refractivity contribution in [2.45, 2.75) is 38.2 Å². The van der Waals surface area contributed by atoms with Crippen LogP contribution in [0.3, 0.4) is 0 Å². The zero-order chi connectivity index (χ0) is 13.3. The van der Waals surface area contributed by atoms with Gasteiger partial charge in [0.2, 0.25) is 0 Å². The molecule has 3 nitrogen and oxygen atoms in total. The molecule has 1 saturated heterocycles. The van der Waals surface area contributed by atoms with Crippen molar-refractivity contribution in [1.29, 1.82) is 0 Å². The molecule has 0 spiro atoms. The van der Waals surface area contributed by atoms with Gasteiger partial charge in [-0.3, -0.25) is 4.18 Å². The second-order valence-electron chi connectivity index (χ2n) is 4.76. The molecule has 100 valence electrons. The minimum atomic E-state index is -3.64. The summed E-state index contributed by atoms with van der Waals surface area (Å²) < 4.78 is 30.0. The zero-order valence-electron chi connectivity index (χ0n) is 10.9. The van der Waals surface area contributed by atoms with Crippen LogP contribution < -0.4 is 0 Å². The molecule has 1 atom stereocenters. The van der Waals surface area contributed by atoms with Crippen molar-refractivity contribution in [3.8, 4) is 0 Å². The third-order valence-corrected chi connectivity index (χ3v) is 5.81. The summed E-state index contributed by atoms with van der Waals surface area (Å²) in [5, 5.41) is 0. The average molecular weight is 286 g/mol. The predicted octanol–water partition coefficient (Wildman–Crippen LogP) is 2.82. The molecule has 0 amide bonds. The number of aryl methyl sites for hydroxylation is 3. The Balaban J connectivity index is 2.34. The van der Waals surface area contributed by atoms with E-state index in [-0.39, 0.29) is 6.10 Å². The molecular formula is C13H18O3S2. The molecule has 1 aliphatic heterocycles. The number of hydrogen-bond acceptors (Lipinski definition) is 4. The van der Waals surface area contributed by atoms with Gasteiger partial charge in [0.05, 0.1) is 11.0 Å². The summed E-state index contributed by atoms with van der Waals surface area (Å²) in [5.41, 5.74) is 2.59. The summed E-state index contributed by atoms with van der Waals surface area (Å²) >= 11 is 1.74. The van der Waals surface area contributed by atoms with E-state index < -0.39 is 10.1 Å². The predicted molar refractivity (Wildman–Crippen MR) is 74.7 cm³/mol. The molecule has 1 fully saturated rings. The molecule has 0 bridgehead atoms. The highest BCUT2D eigenvalue weighted by molar-refractivity contribution is 7.99. The molecule has 0 saturated carbocycles. The number of rotatable bonds is 3. The lowest BCUT2D eigenvalue weighted by Gasteiger charge is -2.15. The van der Waals surface area contributed by atoms with Crippen LogP contribution in [0.25, 0.3) is 0 Å². The Morgan fingerprint density at radius 2 is 1.83 bits per heavy atom. The lowest BCUT2D eigenvalue weighted by Crippen LogP contribution is -2.19. The first-order chi connectivity index (χ1) is 8.40. The SMILES string of the molecule is Cc1cc(C)c(S(=O)(=O)O[C@@H]2CCSC2)c(C)c1. The Hall–Kier alpha value is -0.520. The van der Waals surface area contributed by atoms with E-state index in [0.717, 1.165) is 34.6 Å². The van der Waals surface area contributed by atoms with Gasteiger partial charge in [-0.05, 0) is 44.1 Å². The van der Waals surface area contributed by atoms with Crippen molar-refractivity contribution in [3.63, 3.8) is 0 Å². The van der Waals surface area contributed by atoms with Crippen LogP contribution in [0.1, 0.15) is 23.1 Å². The second kappa shape index (κ2) is 5.23. The quantitative estimate of drug-likeness (QED) is 0.801. The summed E-state index contributed by atoms with van der Waals surface area (Å²) in [6.45, 7) is 5.60. The molecule has 1 heterocycles. The Bertz CT molecular complexity index is 520. The monoisotopic (exact) mass is 286 g/mol. The van der Waals surface area contributed by atoms with Gasteiger partial charge in [0, 0.05) is 5.75 Å². The highest BCUT2D eigenvalue weighted by Gasteiger charge is 2.27. The first-order valence-electron chi connectivity index (χ1n) is 5.99. The van der Waals surface area contributed by atoms with Crippen molar-refractivity contribution in [2.24, 2.45) is 0 Å². The third kappa shape index (κ3) is 2.90. The molecule has 0 radical (unpaired) electrons. The van der Waals surface area contributed by atoms with Crippen LogP contribution in [-0.2, 0) is 14.3 Å². The number of benzene rings is 1. The van der Waals surface area contributed by atoms with E-state index in [9.17, 15) is 8.42 Å². The number of thioether (sulfide) groups is 1. The summed E-state index contributed by atoms with van der Waals surface area (Å²) in [4.78, 5) is 0.338. The Morgan fingerprint density at radius 1 is 1.22 bits per heavy atom. The topological polar surface area (TPSA) is 43.4 Å². The summed E-state index contributed by atoms with van der Waals surface area (Å²) in [7, 11) is -3.64. The molecule has 1 aromatic rings. The van der Waals surface area contributed by atoms with Crippen LogP contribution in [0.15, 0.2) is 17.0 Å². The van der Waals surface area contributed by atoms with Crippen LogP contribution >= 0.6 is 11.8 Å². The van der Waals surface area contributed by atoms with Gasteiger partial charge in [-0.15, -0.1) is 0 Å². The zero-order valence-corrected chi connectivity index (χ0v) is 12.5. The average Bonchev–Trinajstić information content (AvgIpc) is 2.66. The molecule has 0 aliphatic carbocycles. The maximum Gasteiger partial charge on any atom is 0.297 e. The van der Waals surface area contributed by atoms with E-state index in [1.54, 1.807) is 11.8 Å². The molecule has 18 heavy (non-hydrogen) atoms. The highest BCUT2D eigenvalue weighted by atomic mass is 32.2. The van der Waals surface area contributed by atoms with E-state index in [1.165, 1.54) is 0 Å². The van der Waals surface area contributed by atoms with Gasteiger partial charge in [-0.1, -0.05) is 17.7 Å². The van der Waals surface area contributed by atoms with Crippen LogP contribution in [0.2, 0.25) is 0 Å². The smallest absolute Gasteiger partial charge is 0.262 e. The first-order valence-corrected chi connectivity index (χ1v) is 8.55. The molecular weight excluding hydrogens is 268 g/mol. The normalized spacial score (nSPS) is 20.3. The molecule has 1 aliphatic rings. The summed E-state index contributed by atoms with van der Waals surface area (Å²) in [6.07, 6.45) is 0.647. The maximum atomic E-state index is 12.3. The minimum Gasteiger partial charge on any atom is -0.262 e. The third-order valence-electron chi connectivity index (χ3n) is 3.01. The fourth-order valence-electron chi connectivity index (χ4n) is 2.38. The highest BCUT2D eigenvalue weighted by Crippen LogP contribution is 2.28. The van der Waals surface area contributed by atoms with Crippen molar-refractivity contribution in [1.82, 2.24) is 0 Å². The van der Waals surface area contributed by atoms with Gasteiger partial charge in [0.25, 0.3) is 10.1 Å². The Labute approximate surface area is 113 Å².